The van der Waals surface area contributed by atoms with Gasteiger partial charge in [0.1, 0.15) is 0 Å². The van der Waals surface area contributed by atoms with Gasteiger partial charge in [-0.3, -0.25) is 0 Å². The number of rotatable bonds is 4. The van der Waals surface area contributed by atoms with Crippen molar-refractivity contribution in [3.63, 3.8) is 0 Å². The first kappa shape index (κ1) is 14.9. The number of likely N-dealkylation sites (N-methyl/N-ethyl adjacent to an activating group) is 1. The van der Waals surface area contributed by atoms with Crippen LogP contribution in [0.1, 0.15) is 12.5 Å². The van der Waals surface area contributed by atoms with Crippen molar-refractivity contribution in [2.45, 2.75) is 6.92 Å². The second kappa shape index (κ2) is 6.27. The Balaban J connectivity index is 2.94. The second-order valence-electron chi connectivity index (χ2n) is 4.81. The first-order chi connectivity index (χ1) is 10.2. The Bertz CT molecular complexity index is 684. The number of allylic oxidation sites excluding steroid dienone is 8. The molecule has 0 amide bonds. The van der Waals surface area contributed by atoms with Crippen LogP contribution in [0.5, 0.6) is 0 Å². The summed E-state index contributed by atoms with van der Waals surface area (Å²) >= 11 is 0. The van der Waals surface area contributed by atoms with Crippen LogP contribution < -0.4 is 4.90 Å². The number of anilines is 1. The molecule has 0 radical (unpaired) electrons. The molecule has 1 heterocycles. The van der Waals surface area contributed by atoms with Crippen LogP contribution in [-0.2, 0) is 0 Å². The SMILES string of the molecule is C=CC1=C(C=C)c2ccccc2N(C)C(/C=C\C)=C1C=C. The zero-order valence-corrected chi connectivity index (χ0v) is 12.8. The Morgan fingerprint density at radius 2 is 1.52 bits per heavy atom. The predicted octanol–water partition coefficient (Wildman–Crippen LogP) is 5.28. The number of nitrogens with zero attached hydrogens (tertiary/aromatic N) is 1. The topological polar surface area (TPSA) is 3.24 Å². The summed E-state index contributed by atoms with van der Waals surface area (Å²) in [6, 6.07) is 8.33. The van der Waals surface area contributed by atoms with Gasteiger partial charge in [-0.05, 0) is 30.2 Å². The molecule has 106 valence electrons. The van der Waals surface area contributed by atoms with Gasteiger partial charge in [-0.15, -0.1) is 0 Å². The van der Waals surface area contributed by atoms with Crippen LogP contribution in [0.4, 0.5) is 5.69 Å². The molecule has 21 heavy (non-hydrogen) atoms. The molecule has 0 saturated carbocycles. The van der Waals surface area contributed by atoms with Crippen LogP contribution in [-0.4, -0.2) is 7.05 Å². The van der Waals surface area contributed by atoms with Crippen LogP contribution in [0, 0.1) is 0 Å². The van der Waals surface area contributed by atoms with Crippen LogP contribution in [0.15, 0.2) is 91.2 Å². The van der Waals surface area contributed by atoms with Gasteiger partial charge in [-0.25, -0.2) is 0 Å². The number of fused-ring (bicyclic) bond motifs is 1. The molecule has 0 atom stereocenters. The Morgan fingerprint density at radius 3 is 2.10 bits per heavy atom. The molecular weight excluding hydrogens is 254 g/mol. The highest BCUT2D eigenvalue weighted by molar-refractivity contribution is 5.91. The molecule has 0 aliphatic carbocycles. The zero-order valence-electron chi connectivity index (χ0n) is 12.8. The first-order valence-corrected chi connectivity index (χ1v) is 7.01. The molecule has 0 unspecified atom stereocenters. The number of hydrogen-bond donors (Lipinski definition) is 0. The van der Waals surface area contributed by atoms with Gasteiger partial charge in [0, 0.05) is 29.6 Å². The van der Waals surface area contributed by atoms with Gasteiger partial charge >= 0.3 is 0 Å². The Kier molecular flexibility index (Phi) is 4.44. The van der Waals surface area contributed by atoms with Gasteiger partial charge in [0.05, 0.1) is 0 Å². The van der Waals surface area contributed by atoms with Gasteiger partial charge in [0.25, 0.3) is 0 Å². The predicted molar refractivity (Wildman–Crippen MR) is 94.2 cm³/mol. The van der Waals surface area contributed by atoms with Gasteiger partial charge in [-0.1, -0.05) is 62.2 Å². The fourth-order valence-corrected chi connectivity index (χ4v) is 2.75. The largest absolute Gasteiger partial charge is 0.344 e. The minimum absolute atomic E-state index is 1.06. The van der Waals surface area contributed by atoms with E-state index >= 15 is 0 Å². The van der Waals surface area contributed by atoms with E-state index in [9.17, 15) is 0 Å². The van der Waals surface area contributed by atoms with Crippen LogP contribution in [0.25, 0.3) is 5.57 Å². The lowest BCUT2D eigenvalue weighted by Gasteiger charge is -2.23. The maximum Gasteiger partial charge on any atom is 0.0488 e. The smallest absolute Gasteiger partial charge is 0.0488 e. The lowest BCUT2D eigenvalue weighted by molar-refractivity contribution is 1.12. The monoisotopic (exact) mass is 275 g/mol. The lowest BCUT2D eigenvalue weighted by Crippen LogP contribution is -2.17. The van der Waals surface area contributed by atoms with Gasteiger partial charge in [-0.2, -0.15) is 0 Å². The van der Waals surface area contributed by atoms with Crippen LogP contribution >= 0.6 is 0 Å². The molecule has 0 spiro atoms. The minimum atomic E-state index is 1.06. The summed E-state index contributed by atoms with van der Waals surface area (Å²) in [5.41, 5.74) is 6.62. The number of benzene rings is 1. The Hall–Kier alpha value is -2.54. The first-order valence-electron chi connectivity index (χ1n) is 7.01. The van der Waals surface area contributed by atoms with Crippen molar-refractivity contribution in [2.24, 2.45) is 0 Å². The highest BCUT2D eigenvalue weighted by Gasteiger charge is 2.21. The fraction of sp³-hybridized carbons (Fsp3) is 0.100. The molecule has 0 saturated heterocycles. The highest BCUT2D eigenvalue weighted by atomic mass is 15.1. The fourth-order valence-electron chi connectivity index (χ4n) is 2.75. The van der Waals surface area contributed by atoms with E-state index in [2.05, 4.69) is 56.0 Å². The average molecular weight is 275 g/mol. The zero-order chi connectivity index (χ0) is 15.4. The number of para-hydroxylation sites is 1. The Morgan fingerprint density at radius 1 is 0.905 bits per heavy atom. The summed E-state index contributed by atoms with van der Waals surface area (Å²) in [6.07, 6.45) is 9.80. The molecule has 0 aromatic heterocycles. The third-order valence-corrected chi connectivity index (χ3v) is 3.71. The third-order valence-electron chi connectivity index (χ3n) is 3.71. The highest BCUT2D eigenvalue weighted by Crippen LogP contribution is 2.39. The molecule has 2 rings (SSSR count). The summed E-state index contributed by atoms with van der Waals surface area (Å²) in [6.45, 7) is 14.0. The van der Waals surface area contributed by atoms with Gasteiger partial charge in [0.15, 0.2) is 0 Å². The average Bonchev–Trinajstić information content (AvgIpc) is 2.61. The molecule has 0 N–H and O–H groups in total. The van der Waals surface area contributed by atoms with Crippen molar-refractivity contribution in [2.75, 3.05) is 11.9 Å². The molecule has 1 nitrogen and oxygen atoms in total. The lowest BCUT2D eigenvalue weighted by atomic mass is 9.94. The van der Waals surface area contributed by atoms with E-state index in [4.69, 9.17) is 0 Å². The maximum atomic E-state index is 3.99. The van der Waals surface area contributed by atoms with Crippen molar-refractivity contribution in [1.29, 1.82) is 0 Å². The molecule has 1 aliphatic rings. The summed E-state index contributed by atoms with van der Waals surface area (Å²) in [5.74, 6) is 0. The Labute approximate surface area is 127 Å². The summed E-state index contributed by atoms with van der Waals surface area (Å²) in [5, 5.41) is 0. The van der Waals surface area contributed by atoms with E-state index in [-0.39, 0.29) is 0 Å². The molecule has 0 bridgehead atoms. The van der Waals surface area contributed by atoms with Gasteiger partial charge < -0.3 is 4.90 Å². The molecule has 1 heteroatoms. The van der Waals surface area contributed by atoms with Crippen molar-refractivity contribution in [3.8, 4) is 0 Å². The van der Waals surface area contributed by atoms with E-state index < -0.39 is 0 Å². The summed E-state index contributed by atoms with van der Waals surface area (Å²) in [4.78, 5) is 2.19. The third kappa shape index (κ3) is 2.43. The van der Waals surface area contributed by atoms with Crippen molar-refractivity contribution < 1.29 is 0 Å². The van der Waals surface area contributed by atoms with Gasteiger partial charge in [0.2, 0.25) is 0 Å². The van der Waals surface area contributed by atoms with Crippen molar-refractivity contribution >= 4 is 11.3 Å². The second-order valence-corrected chi connectivity index (χ2v) is 4.81. The minimum Gasteiger partial charge on any atom is -0.344 e. The number of hydrogen-bond acceptors (Lipinski definition) is 1. The van der Waals surface area contributed by atoms with E-state index in [1.807, 2.05) is 37.3 Å². The molecular formula is C20H21N. The standard InChI is InChI=1S/C20H21N/c1-6-12-19-17(9-4)15(7-2)16(8-3)18-13-10-11-14-20(18)21(19)5/h6-14H,2-4H2,1,5H3/b12-6-. The maximum absolute atomic E-state index is 3.99. The van der Waals surface area contributed by atoms with Crippen LogP contribution in [0.2, 0.25) is 0 Å². The van der Waals surface area contributed by atoms with E-state index in [0.29, 0.717) is 0 Å². The normalized spacial score (nSPS) is 15.0. The molecule has 1 aromatic rings. The molecule has 1 aromatic carbocycles. The van der Waals surface area contributed by atoms with E-state index in [1.165, 1.54) is 0 Å². The van der Waals surface area contributed by atoms with E-state index in [1.54, 1.807) is 0 Å². The van der Waals surface area contributed by atoms with Crippen molar-refractivity contribution in [3.05, 3.63) is 96.8 Å². The quantitative estimate of drug-likeness (QED) is 0.722. The van der Waals surface area contributed by atoms with Crippen LogP contribution in [0.3, 0.4) is 0 Å². The molecule has 1 aliphatic heterocycles. The summed E-state index contributed by atoms with van der Waals surface area (Å²) < 4.78 is 0. The molecule has 0 fully saturated rings. The van der Waals surface area contributed by atoms with Crippen molar-refractivity contribution in [1.82, 2.24) is 0 Å². The summed E-state index contributed by atoms with van der Waals surface area (Å²) in [7, 11) is 2.07. The van der Waals surface area contributed by atoms with E-state index in [0.717, 1.165) is 33.7 Å².